The third kappa shape index (κ3) is 23.2. The fraction of sp³-hybridized carbons (Fsp3) is 0.971. The van der Waals surface area contributed by atoms with E-state index in [1.165, 1.54) is 83.5 Å². The summed E-state index contributed by atoms with van der Waals surface area (Å²) in [5, 5.41) is 0. The molecule has 1 aliphatic rings. The third-order valence-corrected chi connectivity index (χ3v) is 8.10. The maximum absolute atomic E-state index is 12.2. The summed E-state index contributed by atoms with van der Waals surface area (Å²) < 4.78 is 50.9. The Balaban J connectivity index is 2.19. The van der Waals surface area contributed by atoms with Crippen LogP contribution < -0.4 is 0 Å². The molecule has 0 bridgehead atoms. The van der Waals surface area contributed by atoms with Gasteiger partial charge < -0.3 is 42.6 Å². The van der Waals surface area contributed by atoms with E-state index in [2.05, 4.69) is 6.92 Å². The van der Waals surface area contributed by atoms with E-state index in [0.717, 1.165) is 12.8 Å². The van der Waals surface area contributed by atoms with Crippen LogP contribution in [-0.2, 0) is 47.4 Å². The lowest BCUT2D eigenvalue weighted by molar-refractivity contribution is -0.149. The molecule has 0 saturated carbocycles. The Hall–Kier alpha value is -0.850. The van der Waals surface area contributed by atoms with Crippen LogP contribution in [0, 0.1) is 0 Å². The number of rotatable bonds is 34. The smallest absolute Gasteiger partial charge is 0.305 e. The zero-order valence-electron chi connectivity index (χ0n) is 29.3. The molecule has 45 heavy (non-hydrogen) atoms. The van der Waals surface area contributed by atoms with E-state index in [-0.39, 0.29) is 44.1 Å². The minimum Gasteiger partial charge on any atom is -0.463 e. The summed E-state index contributed by atoms with van der Waals surface area (Å²) in [6, 6.07) is 0. The first-order chi connectivity index (χ1) is 22.2. The number of esters is 1. The number of hydrogen-bond acceptors (Lipinski definition) is 10. The van der Waals surface area contributed by atoms with Gasteiger partial charge in [0.05, 0.1) is 59.5 Å². The van der Waals surface area contributed by atoms with Gasteiger partial charge in [0.1, 0.15) is 31.0 Å². The van der Waals surface area contributed by atoms with E-state index >= 15 is 0 Å². The van der Waals surface area contributed by atoms with E-state index in [1.807, 2.05) is 0 Å². The molecule has 10 heteroatoms. The monoisotopic (exact) mass is 648 g/mol. The summed E-state index contributed by atoms with van der Waals surface area (Å²) in [5.41, 5.74) is 0. The highest BCUT2D eigenvalue weighted by Crippen LogP contribution is 2.25. The van der Waals surface area contributed by atoms with Crippen LogP contribution in [0.15, 0.2) is 0 Å². The molecule has 1 heterocycles. The van der Waals surface area contributed by atoms with Gasteiger partial charge in [0, 0.05) is 27.8 Å². The van der Waals surface area contributed by atoms with Crippen molar-refractivity contribution in [1.29, 1.82) is 0 Å². The van der Waals surface area contributed by atoms with Crippen molar-refractivity contribution in [2.75, 3.05) is 87.4 Å². The summed E-state index contributed by atoms with van der Waals surface area (Å²) in [6.07, 6.45) is 18.6. The molecule has 1 saturated heterocycles. The second-order valence-electron chi connectivity index (χ2n) is 11.9. The quantitative estimate of drug-likeness (QED) is 0.0584. The van der Waals surface area contributed by atoms with E-state index in [1.54, 1.807) is 21.3 Å². The SMILES string of the molecule is CCCCCCCCCCCCCCCCCC(=O)OCCOCC(OCCOC)C1OCC(OCCOC)C1OCCOC. The van der Waals surface area contributed by atoms with Gasteiger partial charge in [0.15, 0.2) is 0 Å². The van der Waals surface area contributed by atoms with E-state index in [4.69, 9.17) is 42.6 Å². The molecular weight excluding hydrogens is 580 g/mol. The van der Waals surface area contributed by atoms with Gasteiger partial charge in [-0.25, -0.2) is 0 Å². The summed E-state index contributed by atoms with van der Waals surface area (Å²) in [4.78, 5) is 12.2. The lowest BCUT2D eigenvalue weighted by atomic mass is 10.0. The molecule has 4 atom stereocenters. The molecule has 1 aliphatic heterocycles. The van der Waals surface area contributed by atoms with E-state index < -0.39 is 6.10 Å². The van der Waals surface area contributed by atoms with Crippen LogP contribution in [0.1, 0.15) is 110 Å². The molecule has 0 spiro atoms. The molecule has 0 aromatic rings. The average molecular weight is 649 g/mol. The van der Waals surface area contributed by atoms with E-state index in [9.17, 15) is 4.79 Å². The van der Waals surface area contributed by atoms with Crippen molar-refractivity contribution < 1.29 is 47.4 Å². The number of carbonyl (C=O) groups excluding carboxylic acids is 1. The fourth-order valence-electron chi connectivity index (χ4n) is 5.47. The second-order valence-corrected chi connectivity index (χ2v) is 11.9. The van der Waals surface area contributed by atoms with Crippen molar-refractivity contribution in [3.63, 3.8) is 0 Å². The Kier molecular flexibility index (Phi) is 29.7. The molecular formula is C35H68O10. The molecule has 10 nitrogen and oxygen atoms in total. The highest BCUT2D eigenvalue weighted by molar-refractivity contribution is 5.69. The first-order valence-corrected chi connectivity index (χ1v) is 17.8. The third-order valence-electron chi connectivity index (χ3n) is 8.10. The summed E-state index contributed by atoms with van der Waals surface area (Å²) in [6.45, 7) is 6.05. The molecule has 1 rings (SSSR count). The maximum Gasteiger partial charge on any atom is 0.305 e. The second kappa shape index (κ2) is 31.7. The molecule has 0 aromatic heterocycles. The topological polar surface area (TPSA) is 100 Å². The van der Waals surface area contributed by atoms with Crippen molar-refractivity contribution in [3.8, 4) is 0 Å². The molecule has 0 N–H and O–H groups in total. The van der Waals surface area contributed by atoms with Gasteiger partial charge in [-0.05, 0) is 6.42 Å². The van der Waals surface area contributed by atoms with Crippen LogP contribution in [-0.4, -0.2) is 118 Å². The Morgan fingerprint density at radius 2 is 1.18 bits per heavy atom. The molecule has 0 amide bonds. The van der Waals surface area contributed by atoms with Crippen molar-refractivity contribution >= 4 is 5.97 Å². The highest BCUT2D eigenvalue weighted by atomic mass is 16.6. The summed E-state index contributed by atoms with van der Waals surface area (Å²) in [5.74, 6) is -0.164. The minimum atomic E-state index is -0.403. The van der Waals surface area contributed by atoms with Gasteiger partial charge in [-0.3, -0.25) is 4.79 Å². The summed E-state index contributed by atoms with van der Waals surface area (Å²) in [7, 11) is 4.90. The fourth-order valence-corrected chi connectivity index (χ4v) is 5.47. The van der Waals surface area contributed by atoms with Gasteiger partial charge >= 0.3 is 5.97 Å². The number of hydrogen-bond donors (Lipinski definition) is 0. The Morgan fingerprint density at radius 3 is 1.76 bits per heavy atom. The number of ether oxygens (including phenoxy) is 9. The highest BCUT2D eigenvalue weighted by Gasteiger charge is 2.44. The molecule has 1 fully saturated rings. The molecule has 268 valence electrons. The van der Waals surface area contributed by atoms with Crippen LogP contribution in [0.3, 0.4) is 0 Å². The Morgan fingerprint density at radius 1 is 0.644 bits per heavy atom. The number of unbranched alkanes of at least 4 members (excludes halogenated alkanes) is 14. The standard InChI is InChI=1S/C35H68O10/c1-5-6-7-8-9-10-11-12-13-14-15-16-17-18-19-20-33(36)43-28-24-40-29-31(41-25-21-37-2)35-34(44-27-23-39-4)32(30-45-35)42-26-22-38-3/h31-32,34-35H,5-30H2,1-4H3. The summed E-state index contributed by atoms with van der Waals surface area (Å²) >= 11 is 0. The maximum atomic E-state index is 12.2. The lowest BCUT2D eigenvalue weighted by Gasteiger charge is -2.29. The normalized spacial score (nSPS) is 18.9. The molecule has 0 aliphatic carbocycles. The lowest BCUT2D eigenvalue weighted by Crippen LogP contribution is -2.45. The van der Waals surface area contributed by atoms with Crippen molar-refractivity contribution in [3.05, 3.63) is 0 Å². The first-order valence-electron chi connectivity index (χ1n) is 17.8. The molecule has 4 unspecified atom stereocenters. The largest absolute Gasteiger partial charge is 0.463 e. The minimum absolute atomic E-state index is 0.164. The average Bonchev–Trinajstić information content (AvgIpc) is 3.44. The van der Waals surface area contributed by atoms with Gasteiger partial charge in [-0.15, -0.1) is 0 Å². The zero-order valence-corrected chi connectivity index (χ0v) is 29.3. The van der Waals surface area contributed by atoms with Gasteiger partial charge in [-0.2, -0.15) is 0 Å². The first kappa shape index (κ1) is 42.2. The van der Waals surface area contributed by atoms with Gasteiger partial charge in [-0.1, -0.05) is 96.8 Å². The predicted octanol–water partition coefficient (Wildman–Crippen LogP) is 6.30. The van der Waals surface area contributed by atoms with Crippen molar-refractivity contribution in [2.45, 2.75) is 134 Å². The number of methoxy groups -OCH3 is 3. The van der Waals surface area contributed by atoms with Crippen molar-refractivity contribution in [2.24, 2.45) is 0 Å². The van der Waals surface area contributed by atoms with Gasteiger partial charge in [0.2, 0.25) is 0 Å². The Bertz CT molecular complexity index is 638. The molecule has 0 aromatic carbocycles. The molecule has 0 radical (unpaired) electrons. The van der Waals surface area contributed by atoms with Crippen LogP contribution in [0.4, 0.5) is 0 Å². The van der Waals surface area contributed by atoms with E-state index in [0.29, 0.717) is 52.7 Å². The predicted molar refractivity (Wildman–Crippen MR) is 176 cm³/mol. The van der Waals surface area contributed by atoms with Crippen LogP contribution in [0.5, 0.6) is 0 Å². The van der Waals surface area contributed by atoms with Gasteiger partial charge in [0.25, 0.3) is 0 Å². The Labute approximate surface area is 274 Å². The zero-order chi connectivity index (χ0) is 32.6. The van der Waals surface area contributed by atoms with Crippen molar-refractivity contribution in [1.82, 2.24) is 0 Å². The van der Waals surface area contributed by atoms with Crippen LogP contribution in [0.2, 0.25) is 0 Å². The van der Waals surface area contributed by atoms with Crippen LogP contribution in [0.25, 0.3) is 0 Å². The number of carbonyl (C=O) groups is 1. The van der Waals surface area contributed by atoms with Crippen LogP contribution >= 0.6 is 0 Å².